The highest BCUT2D eigenvalue weighted by atomic mass is 16.4. The minimum absolute atomic E-state index is 0.0776. The van der Waals surface area contributed by atoms with Crippen LogP contribution in [-0.4, -0.2) is 82.0 Å². The summed E-state index contributed by atoms with van der Waals surface area (Å²) in [5.74, 6) is -4.15. The van der Waals surface area contributed by atoms with Gasteiger partial charge in [0.15, 0.2) is 0 Å². The number of hydrogen-bond acceptors (Lipinski definition) is 7. The molecule has 0 aliphatic carbocycles. The van der Waals surface area contributed by atoms with Crippen molar-refractivity contribution in [1.29, 1.82) is 0 Å². The second kappa shape index (κ2) is 14.5. The lowest BCUT2D eigenvalue weighted by molar-refractivity contribution is -0.146. The highest BCUT2D eigenvalue weighted by molar-refractivity contribution is 5.94. The molecule has 0 aromatic carbocycles. The monoisotopic (exact) mass is 485 g/mol. The van der Waals surface area contributed by atoms with Crippen LogP contribution in [0.3, 0.4) is 0 Å². The smallest absolute Gasteiger partial charge is 0.326 e. The topological polar surface area (TPSA) is 205 Å². The van der Waals surface area contributed by atoms with Crippen LogP contribution in [0, 0.1) is 5.92 Å². The number of nitrogens with one attached hydrogen (secondary N) is 2. The van der Waals surface area contributed by atoms with Crippen molar-refractivity contribution in [2.24, 2.45) is 17.4 Å². The average Bonchev–Trinajstić information content (AvgIpc) is 3.29. The lowest BCUT2D eigenvalue weighted by Gasteiger charge is -2.30. The molecule has 1 fully saturated rings. The molecule has 5 atom stereocenters. The summed E-state index contributed by atoms with van der Waals surface area (Å²) in [5.41, 5.74) is 11.3. The molecule has 1 rings (SSSR count). The van der Waals surface area contributed by atoms with Crippen molar-refractivity contribution in [3.8, 4) is 0 Å². The molecule has 0 saturated carbocycles. The summed E-state index contributed by atoms with van der Waals surface area (Å²) >= 11 is 0. The van der Waals surface area contributed by atoms with Crippen LogP contribution in [-0.2, 0) is 24.0 Å². The molecule has 1 saturated heterocycles. The SMILES string of the molecule is CCC(C)C(NC(=O)C1CCCN1C(=O)C(CCCCN)NC(=O)C(N)CCC(=O)O)C(=O)O. The molecule has 12 nitrogen and oxygen atoms in total. The average molecular weight is 486 g/mol. The van der Waals surface area contributed by atoms with E-state index in [4.69, 9.17) is 16.6 Å². The van der Waals surface area contributed by atoms with Crippen molar-refractivity contribution in [3.63, 3.8) is 0 Å². The Morgan fingerprint density at radius 2 is 1.76 bits per heavy atom. The maximum Gasteiger partial charge on any atom is 0.326 e. The predicted molar refractivity (Wildman–Crippen MR) is 123 cm³/mol. The molecule has 0 bridgehead atoms. The number of rotatable bonds is 15. The van der Waals surface area contributed by atoms with E-state index >= 15 is 0 Å². The second-order valence-corrected chi connectivity index (χ2v) is 8.78. The van der Waals surface area contributed by atoms with Crippen molar-refractivity contribution in [3.05, 3.63) is 0 Å². The van der Waals surface area contributed by atoms with Crippen LogP contribution in [0.1, 0.15) is 65.2 Å². The van der Waals surface area contributed by atoms with E-state index in [-0.39, 0.29) is 25.2 Å². The van der Waals surface area contributed by atoms with Gasteiger partial charge in [-0.3, -0.25) is 19.2 Å². The van der Waals surface area contributed by atoms with E-state index in [1.807, 2.05) is 6.92 Å². The minimum atomic E-state index is -1.14. The molecular weight excluding hydrogens is 446 g/mol. The quantitative estimate of drug-likeness (QED) is 0.163. The van der Waals surface area contributed by atoms with Gasteiger partial charge in [-0.25, -0.2) is 4.79 Å². The van der Waals surface area contributed by atoms with E-state index < -0.39 is 53.8 Å². The minimum Gasteiger partial charge on any atom is -0.481 e. The largest absolute Gasteiger partial charge is 0.481 e. The Bertz CT molecular complexity index is 732. The molecule has 3 amide bonds. The van der Waals surface area contributed by atoms with Gasteiger partial charge in [-0.05, 0) is 51.0 Å². The maximum atomic E-state index is 13.3. The number of aliphatic carboxylic acids is 2. The molecule has 0 aromatic heterocycles. The number of hydrogen-bond donors (Lipinski definition) is 6. The van der Waals surface area contributed by atoms with Gasteiger partial charge in [0.05, 0.1) is 6.04 Å². The van der Waals surface area contributed by atoms with Gasteiger partial charge >= 0.3 is 11.9 Å². The molecular formula is C22H39N5O7. The summed E-state index contributed by atoms with van der Waals surface area (Å²) in [6.07, 6.45) is 2.60. The van der Waals surface area contributed by atoms with Crippen molar-refractivity contribution >= 4 is 29.7 Å². The standard InChI is InChI=1S/C22H39N5O7/c1-3-13(2)18(22(33)34)26-20(31)16-8-6-12-27(16)21(32)15(7-4-5-11-23)25-19(30)14(24)9-10-17(28)29/h13-16,18H,3-12,23-24H2,1-2H3,(H,25,30)(H,26,31)(H,28,29)(H,33,34). The summed E-state index contributed by atoms with van der Waals surface area (Å²) in [6.45, 7) is 4.27. The number of amides is 3. The number of carboxylic acid groups (broad SMARTS) is 2. The second-order valence-electron chi connectivity index (χ2n) is 8.78. The lowest BCUT2D eigenvalue weighted by Crippen LogP contribution is -2.57. The van der Waals surface area contributed by atoms with Crippen LogP contribution in [0.15, 0.2) is 0 Å². The third kappa shape index (κ3) is 8.90. The van der Waals surface area contributed by atoms with Gasteiger partial charge in [0, 0.05) is 13.0 Å². The first-order valence-electron chi connectivity index (χ1n) is 11.8. The zero-order valence-electron chi connectivity index (χ0n) is 20.0. The number of nitrogens with two attached hydrogens (primary N) is 2. The summed E-state index contributed by atoms with van der Waals surface area (Å²) in [4.78, 5) is 62.5. The Balaban J connectivity index is 2.95. The Morgan fingerprint density at radius 3 is 2.32 bits per heavy atom. The molecule has 0 radical (unpaired) electrons. The highest BCUT2D eigenvalue weighted by Crippen LogP contribution is 2.21. The van der Waals surface area contributed by atoms with Crippen LogP contribution in [0.25, 0.3) is 0 Å². The van der Waals surface area contributed by atoms with E-state index in [1.54, 1.807) is 6.92 Å². The van der Waals surface area contributed by atoms with Crippen molar-refractivity contribution in [2.45, 2.75) is 89.4 Å². The summed E-state index contributed by atoms with van der Waals surface area (Å²) < 4.78 is 0. The molecule has 0 spiro atoms. The third-order valence-electron chi connectivity index (χ3n) is 6.18. The van der Waals surface area contributed by atoms with Gasteiger partial charge in [-0.15, -0.1) is 0 Å². The van der Waals surface area contributed by atoms with Gasteiger partial charge < -0.3 is 37.2 Å². The number of carbonyl (C=O) groups excluding carboxylic acids is 3. The maximum absolute atomic E-state index is 13.3. The van der Waals surface area contributed by atoms with E-state index in [0.29, 0.717) is 45.2 Å². The Labute approximate surface area is 199 Å². The summed E-state index contributed by atoms with van der Waals surface area (Å²) in [5, 5.41) is 23.4. The Morgan fingerprint density at radius 1 is 1.09 bits per heavy atom. The van der Waals surface area contributed by atoms with Crippen LogP contribution in [0.4, 0.5) is 0 Å². The molecule has 34 heavy (non-hydrogen) atoms. The van der Waals surface area contributed by atoms with Crippen molar-refractivity contribution in [2.75, 3.05) is 13.1 Å². The number of nitrogens with zero attached hydrogens (tertiary/aromatic N) is 1. The fraction of sp³-hybridized carbons (Fsp3) is 0.773. The fourth-order valence-electron chi connectivity index (χ4n) is 3.87. The van der Waals surface area contributed by atoms with E-state index in [9.17, 15) is 29.1 Å². The Hall–Kier alpha value is -2.73. The van der Waals surface area contributed by atoms with E-state index in [2.05, 4.69) is 10.6 Å². The summed E-state index contributed by atoms with van der Waals surface area (Å²) in [7, 11) is 0. The molecule has 12 heteroatoms. The van der Waals surface area contributed by atoms with E-state index in [1.165, 1.54) is 4.90 Å². The van der Waals surface area contributed by atoms with Gasteiger partial charge in [0.25, 0.3) is 0 Å². The first-order valence-corrected chi connectivity index (χ1v) is 11.8. The number of unbranched alkanes of at least 4 members (excludes halogenated alkanes) is 1. The van der Waals surface area contributed by atoms with Crippen LogP contribution in [0.2, 0.25) is 0 Å². The van der Waals surface area contributed by atoms with Crippen molar-refractivity contribution in [1.82, 2.24) is 15.5 Å². The number of carbonyl (C=O) groups is 5. The van der Waals surface area contributed by atoms with Crippen LogP contribution >= 0.6 is 0 Å². The van der Waals surface area contributed by atoms with E-state index in [0.717, 1.165) is 0 Å². The number of carboxylic acids is 2. The first kappa shape index (κ1) is 29.3. The molecule has 1 aliphatic heterocycles. The molecule has 0 aromatic rings. The molecule has 5 unspecified atom stereocenters. The van der Waals surface area contributed by atoms with Crippen LogP contribution in [0.5, 0.6) is 0 Å². The predicted octanol–water partition coefficient (Wildman–Crippen LogP) is -0.601. The zero-order chi connectivity index (χ0) is 25.8. The highest BCUT2D eigenvalue weighted by Gasteiger charge is 2.39. The van der Waals surface area contributed by atoms with Crippen LogP contribution < -0.4 is 22.1 Å². The lowest BCUT2D eigenvalue weighted by atomic mass is 9.98. The molecule has 194 valence electrons. The summed E-state index contributed by atoms with van der Waals surface area (Å²) in [6, 6.07) is -3.95. The van der Waals surface area contributed by atoms with Gasteiger partial charge in [-0.2, -0.15) is 0 Å². The normalized spacial score (nSPS) is 19.1. The first-order chi connectivity index (χ1) is 16.0. The Kier molecular flexibility index (Phi) is 12.5. The molecule has 8 N–H and O–H groups in total. The van der Waals surface area contributed by atoms with Gasteiger partial charge in [0.1, 0.15) is 18.1 Å². The van der Waals surface area contributed by atoms with Gasteiger partial charge in [-0.1, -0.05) is 20.3 Å². The molecule has 1 aliphatic rings. The fourth-order valence-corrected chi connectivity index (χ4v) is 3.87. The molecule has 1 heterocycles. The van der Waals surface area contributed by atoms with Crippen molar-refractivity contribution < 1.29 is 34.2 Å². The number of likely N-dealkylation sites (tertiary alicyclic amines) is 1. The van der Waals surface area contributed by atoms with Gasteiger partial charge in [0.2, 0.25) is 17.7 Å². The zero-order valence-corrected chi connectivity index (χ0v) is 20.0. The third-order valence-corrected chi connectivity index (χ3v) is 6.18.